The molecule has 1 saturated carbocycles. The van der Waals surface area contributed by atoms with Gasteiger partial charge in [-0.15, -0.1) is 0 Å². The van der Waals surface area contributed by atoms with Crippen molar-refractivity contribution in [2.75, 3.05) is 37.5 Å². The van der Waals surface area contributed by atoms with Crippen molar-refractivity contribution in [2.24, 2.45) is 11.8 Å². The Balaban J connectivity index is 1.73. The van der Waals surface area contributed by atoms with Crippen LogP contribution in [0.1, 0.15) is 18.9 Å². The van der Waals surface area contributed by atoms with E-state index in [1.165, 1.54) is 11.7 Å². The van der Waals surface area contributed by atoms with Crippen LogP contribution in [0, 0.1) is 17.7 Å². The molecule has 1 aromatic heterocycles. The van der Waals surface area contributed by atoms with Gasteiger partial charge in [0, 0.05) is 31.0 Å². The highest BCUT2D eigenvalue weighted by Gasteiger charge is 2.49. The molecule has 0 bridgehead atoms. The summed E-state index contributed by atoms with van der Waals surface area (Å²) >= 11 is 0. The monoisotopic (exact) mass is 418 g/mol. The molecule has 30 heavy (non-hydrogen) atoms. The van der Waals surface area contributed by atoms with Gasteiger partial charge in [-0.05, 0) is 18.9 Å². The Labute approximate surface area is 170 Å². The van der Waals surface area contributed by atoms with Crippen LogP contribution in [0.2, 0.25) is 0 Å². The molecular formula is C20H23FN4O5. The van der Waals surface area contributed by atoms with Crippen LogP contribution in [0.5, 0.6) is 5.75 Å². The summed E-state index contributed by atoms with van der Waals surface area (Å²) in [5.74, 6) is 4.72. The average molecular weight is 418 g/mol. The van der Waals surface area contributed by atoms with Crippen LogP contribution < -0.4 is 26.7 Å². The molecule has 160 valence electrons. The van der Waals surface area contributed by atoms with Crippen LogP contribution in [0.15, 0.2) is 27.8 Å². The Kier molecular flexibility index (Phi) is 4.03. The number of nitrogens with zero attached hydrogens (tertiary/aromatic N) is 3. The predicted molar refractivity (Wildman–Crippen MR) is 108 cm³/mol. The zero-order valence-corrected chi connectivity index (χ0v) is 16.4. The lowest BCUT2D eigenvalue weighted by Crippen LogP contribution is -2.44. The van der Waals surface area contributed by atoms with Gasteiger partial charge < -0.3 is 25.7 Å². The number of aromatic nitrogens is 2. The molecule has 2 fully saturated rings. The molecule has 0 spiro atoms. The summed E-state index contributed by atoms with van der Waals surface area (Å²) in [6, 6.07) is 0.974. The van der Waals surface area contributed by atoms with Gasteiger partial charge in [0.15, 0.2) is 11.6 Å². The molecular weight excluding hydrogens is 395 g/mol. The number of nitrogen functional groups attached to an aromatic ring is 1. The molecule has 0 amide bonds. The molecule has 3 unspecified atom stereocenters. The number of rotatable bonds is 4. The van der Waals surface area contributed by atoms with Crippen molar-refractivity contribution in [3.63, 3.8) is 0 Å². The molecule has 0 radical (unpaired) electrons. The van der Waals surface area contributed by atoms with Crippen LogP contribution in [0.25, 0.3) is 10.9 Å². The van der Waals surface area contributed by atoms with Crippen LogP contribution in [-0.4, -0.2) is 51.9 Å². The number of nitrogens with two attached hydrogens (primary N) is 1. The van der Waals surface area contributed by atoms with E-state index in [-0.39, 0.29) is 46.8 Å². The van der Waals surface area contributed by atoms with Crippen molar-refractivity contribution in [2.45, 2.75) is 24.5 Å². The van der Waals surface area contributed by atoms with Gasteiger partial charge in [-0.2, -0.15) is 4.68 Å². The van der Waals surface area contributed by atoms with E-state index >= 15 is 4.39 Å². The fraction of sp³-hybridized carbons (Fsp3) is 0.500. The van der Waals surface area contributed by atoms with Gasteiger partial charge in [-0.3, -0.25) is 9.36 Å². The Hall–Kier alpha value is -2.85. The summed E-state index contributed by atoms with van der Waals surface area (Å²) in [6.45, 7) is 0.270. The predicted octanol–water partition coefficient (Wildman–Crippen LogP) is -0.295. The van der Waals surface area contributed by atoms with E-state index in [1.54, 1.807) is 11.0 Å². The number of fused-ring (bicyclic) bond motifs is 2. The number of ether oxygens (including phenoxy) is 1. The van der Waals surface area contributed by atoms with Gasteiger partial charge in [0.1, 0.15) is 16.8 Å². The van der Waals surface area contributed by atoms with Gasteiger partial charge in [0.05, 0.1) is 19.1 Å². The van der Waals surface area contributed by atoms with Crippen molar-refractivity contribution in [1.82, 2.24) is 9.24 Å². The number of methoxy groups -OCH3 is 1. The lowest BCUT2D eigenvalue weighted by molar-refractivity contribution is -0.0134. The Morgan fingerprint density at radius 1 is 1.33 bits per heavy atom. The first kappa shape index (κ1) is 19.1. The first-order valence-electron chi connectivity index (χ1n) is 9.91. The number of anilines is 1. The largest absolute Gasteiger partial charge is 0.492 e. The van der Waals surface area contributed by atoms with Gasteiger partial charge in [-0.1, -0.05) is 12.2 Å². The minimum Gasteiger partial charge on any atom is -0.492 e. The first-order chi connectivity index (χ1) is 14.3. The molecule has 2 heterocycles. The topological polar surface area (TPSA) is 123 Å². The van der Waals surface area contributed by atoms with Crippen LogP contribution in [0.3, 0.4) is 0 Å². The third-order valence-electron chi connectivity index (χ3n) is 6.61. The third kappa shape index (κ3) is 2.46. The Morgan fingerprint density at radius 2 is 2.07 bits per heavy atom. The zero-order chi connectivity index (χ0) is 21.4. The Morgan fingerprint density at radius 3 is 2.70 bits per heavy atom. The number of hydrogen-bond acceptors (Lipinski definition) is 7. The molecule has 3 atom stereocenters. The van der Waals surface area contributed by atoms with Crippen LogP contribution in [-0.2, 0) is 0 Å². The van der Waals surface area contributed by atoms with E-state index in [0.29, 0.717) is 11.2 Å². The minimum absolute atomic E-state index is 0.0201. The number of aliphatic hydroxyl groups is 2. The van der Waals surface area contributed by atoms with Crippen molar-refractivity contribution >= 4 is 16.6 Å². The SMILES string of the molecule is COc1c(N2CC3C=CC(O)(CO)C3C2)c(F)cc2c(=O)n(N)c(=O)n(C3CC3)c12. The molecule has 10 heteroatoms. The lowest BCUT2D eigenvalue weighted by Gasteiger charge is -2.28. The second-order valence-electron chi connectivity index (χ2n) is 8.38. The fourth-order valence-electron chi connectivity index (χ4n) is 4.92. The highest BCUT2D eigenvalue weighted by Crippen LogP contribution is 2.47. The van der Waals surface area contributed by atoms with Crippen LogP contribution >= 0.6 is 0 Å². The maximum atomic E-state index is 15.3. The molecule has 9 nitrogen and oxygen atoms in total. The summed E-state index contributed by atoms with van der Waals surface area (Å²) in [5.41, 5.74) is -2.44. The highest BCUT2D eigenvalue weighted by atomic mass is 19.1. The molecule has 2 aromatic rings. The van der Waals surface area contributed by atoms with Gasteiger partial charge in [0.2, 0.25) is 0 Å². The van der Waals surface area contributed by atoms with E-state index in [2.05, 4.69) is 0 Å². The maximum Gasteiger partial charge on any atom is 0.350 e. The smallest absolute Gasteiger partial charge is 0.350 e. The maximum absolute atomic E-state index is 15.3. The lowest BCUT2D eigenvalue weighted by atomic mass is 9.88. The number of hydrogen-bond donors (Lipinski definition) is 3. The minimum atomic E-state index is -1.36. The van der Waals surface area contributed by atoms with Gasteiger partial charge in [-0.25, -0.2) is 9.18 Å². The zero-order valence-electron chi connectivity index (χ0n) is 16.4. The first-order valence-corrected chi connectivity index (χ1v) is 9.91. The van der Waals surface area contributed by atoms with E-state index in [4.69, 9.17) is 10.6 Å². The van der Waals surface area contributed by atoms with Crippen molar-refractivity contribution in [3.05, 3.63) is 44.9 Å². The molecule has 1 aromatic carbocycles. The van der Waals surface area contributed by atoms with Gasteiger partial charge in [0.25, 0.3) is 5.56 Å². The quantitative estimate of drug-likeness (QED) is 0.460. The van der Waals surface area contributed by atoms with E-state index in [0.717, 1.165) is 18.9 Å². The molecule has 5 rings (SSSR count). The fourth-order valence-corrected chi connectivity index (χ4v) is 4.92. The summed E-state index contributed by atoms with van der Waals surface area (Å²) in [7, 11) is 1.37. The average Bonchev–Trinajstić information content (AvgIpc) is 3.40. The summed E-state index contributed by atoms with van der Waals surface area (Å²) in [4.78, 5) is 27.1. The second kappa shape index (κ2) is 6.32. The van der Waals surface area contributed by atoms with E-state index in [1.807, 2.05) is 6.08 Å². The number of benzene rings is 1. The standard InChI is InChI=1S/C20H23FN4O5/c1-30-17-15-12(18(27)25(22)19(28)24(15)11-2-3-11)6-14(21)16(17)23-7-10-4-5-20(29,9-26)13(10)8-23/h4-6,10-11,13,26,29H,2-3,7-9,22H2,1H3. The summed E-state index contributed by atoms with van der Waals surface area (Å²) < 4.78 is 22.8. The van der Waals surface area contributed by atoms with E-state index in [9.17, 15) is 19.8 Å². The van der Waals surface area contributed by atoms with Crippen molar-refractivity contribution in [3.8, 4) is 5.75 Å². The molecule has 1 aliphatic heterocycles. The van der Waals surface area contributed by atoms with Gasteiger partial charge >= 0.3 is 5.69 Å². The number of aliphatic hydroxyl groups excluding tert-OH is 1. The normalized spacial score (nSPS) is 27.8. The second-order valence-corrected chi connectivity index (χ2v) is 8.38. The van der Waals surface area contributed by atoms with Crippen molar-refractivity contribution < 1.29 is 19.3 Å². The Bertz CT molecular complexity index is 1200. The molecule has 2 aliphatic carbocycles. The summed E-state index contributed by atoms with van der Waals surface area (Å²) in [5, 5.41) is 20.2. The van der Waals surface area contributed by atoms with Crippen molar-refractivity contribution in [1.29, 1.82) is 0 Å². The van der Waals surface area contributed by atoms with E-state index < -0.39 is 29.3 Å². The number of halogens is 1. The van der Waals surface area contributed by atoms with Crippen LogP contribution in [0.4, 0.5) is 10.1 Å². The molecule has 1 saturated heterocycles. The highest BCUT2D eigenvalue weighted by molar-refractivity contribution is 5.91. The molecule has 4 N–H and O–H groups in total. The summed E-state index contributed by atoms with van der Waals surface area (Å²) in [6.07, 6.45) is 4.94. The third-order valence-corrected chi connectivity index (χ3v) is 6.61. The molecule has 3 aliphatic rings.